The van der Waals surface area contributed by atoms with E-state index in [1.165, 1.54) is 13.2 Å². The smallest absolute Gasteiger partial charge is 0.419 e. The largest absolute Gasteiger partial charge is 0.496 e. The first-order chi connectivity index (χ1) is 21.4. The van der Waals surface area contributed by atoms with Crippen LogP contribution >= 0.6 is 0 Å². The molecule has 0 radical (unpaired) electrons. The molecule has 14 heteroatoms. The predicted octanol–water partition coefficient (Wildman–Crippen LogP) is 6.05. The topological polar surface area (TPSA) is 112 Å². The summed E-state index contributed by atoms with van der Waals surface area (Å²) >= 11 is 0. The van der Waals surface area contributed by atoms with E-state index in [0.717, 1.165) is 12.1 Å². The van der Waals surface area contributed by atoms with Crippen molar-refractivity contribution in [2.24, 2.45) is 11.3 Å². The lowest BCUT2D eigenvalue weighted by atomic mass is 9.74. The van der Waals surface area contributed by atoms with Crippen molar-refractivity contribution in [3.8, 4) is 11.5 Å². The van der Waals surface area contributed by atoms with E-state index in [9.17, 15) is 31.9 Å². The van der Waals surface area contributed by atoms with E-state index in [2.05, 4.69) is 10.6 Å². The SMILES string of the molecule is COc1cc(F)c(OC2CCC(C)(C(=O)OC(C)(C)C)CC2)cc1C(=O)N[C@H]1COC[C@@H]1C(=O)Nc1ccc(F)c(C(F)(F)F)c1. The minimum absolute atomic E-state index is 0.0901. The van der Waals surface area contributed by atoms with Crippen LogP contribution in [0, 0.1) is 23.0 Å². The summed E-state index contributed by atoms with van der Waals surface area (Å²) in [7, 11) is 1.25. The van der Waals surface area contributed by atoms with Gasteiger partial charge in [0, 0.05) is 11.8 Å². The van der Waals surface area contributed by atoms with Crippen LogP contribution in [0.25, 0.3) is 0 Å². The van der Waals surface area contributed by atoms with Crippen LogP contribution in [0.2, 0.25) is 0 Å². The Kier molecular flexibility index (Phi) is 10.2. The Morgan fingerprint density at radius 1 is 0.957 bits per heavy atom. The maximum Gasteiger partial charge on any atom is 0.419 e. The van der Waals surface area contributed by atoms with E-state index in [-0.39, 0.29) is 41.9 Å². The molecule has 1 heterocycles. The number of carbonyl (C=O) groups excluding carboxylic acids is 3. The first-order valence-electron chi connectivity index (χ1n) is 14.7. The molecule has 2 aliphatic rings. The van der Waals surface area contributed by atoms with Gasteiger partial charge in [-0.05, 0) is 77.6 Å². The molecule has 1 saturated carbocycles. The van der Waals surface area contributed by atoms with Crippen molar-refractivity contribution in [1.82, 2.24) is 5.32 Å². The molecule has 0 aromatic heterocycles. The van der Waals surface area contributed by atoms with E-state index in [0.29, 0.717) is 37.8 Å². The van der Waals surface area contributed by atoms with Gasteiger partial charge in [-0.25, -0.2) is 8.78 Å². The van der Waals surface area contributed by atoms with E-state index < -0.39 is 64.3 Å². The van der Waals surface area contributed by atoms with Crippen LogP contribution < -0.4 is 20.1 Å². The Bertz CT molecular complexity index is 1470. The van der Waals surface area contributed by atoms with E-state index in [4.69, 9.17) is 18.9 Å². The number of hydrogen-bond donors (Lipinski definition) is 2. The number of ether oxygens (including phenoxy) is 4. The summed E-state index contributed by atoms with van der Waals surface area (Å²) in [5.41, 5.74) is -3.25. The highest BCUT2D eigenvalue weighted by molar-refractivity contribution is 5.99. The predicted molar refractivity (Wildman–Crippen MR) is 155 cm³/mol. The van der Waals surface area contributed by atoms with Crippen molar-refractivity contribution < 1.29 is 55.3 Å². The van der Waals surface area contributed by atoms with Gasteiger partial charge < -0.3 is 29.6 Å². The molecular formula is C32H37F5N2O7. The molecule has 46 heavy (non-hydrogen) atoms. The maximum absolute atomic E-state index is 15.0. The van der Waals surface area contributed by atoms with Crippen LogP contribution in [-0.4, -0.2) is 55.9 Å². The van der Waals surface area contributed by atoms with E-state index in [1.807, 2.05) is 6.92 Å². The summed E-state index contributed by atoms with van der Waals surface area (Å²) < 4.78 is 90.1. The second-order valence-electron chi connectivity index (χ2n) is 12.8. The van der Waals surface area contributed by atoms with Gasteiger partial charge in [0.25, 0.3) is 5.91 Å². The van der Waals surface area contributed by atoms with Crippen LogP contribution in [0.1, 0.15) is 69.3 Å². The van der Waals surface area contributed by atoms with E-state index in [1.54, 1.807) is 20.8 Å². The molecule has 2 aromatic rings. The van der Waals surface area contributed by atoms with Gasteiger partial charge in [-0.15, -0.1) is 0 Å². The number of hydrogen-bond acceptors (Lipinski definition) is 7. The molecule has 1 aliphatic heterocycles. The van der Waals surface area contributed by atoms with Crippen molar-refractivity contribution >= 4 is 23.5 Å². The number of halogens is 5. The Labute approximate surface area is 263 Å². The molecule has 4 rings (SSSR count). The van der Waals surface area contributed by atoms with Crippen molar-refractivity contribution in [3.05, 3.63) is 53.1 Å². The first-order valence-corrected chi connectivity index (χ1v) is 14.7. The lowest BCUT2D eigenvalue weighted by Gasteiger charge is -2.37. The molecule has 0 unspecified atom stereocenters. The molecule has 1 saturated heterocycles. The lowest BCUT2D eigenvalue weighted by Crippen LogP contribution is -2.44. The van der Waals surface area contributed by atoms with Crippen LogP contribution in [0.5, 0.6) is 11.5 Å². The van der Waals surface area contributed by atoms with Gasteiger partial charge in [-0.3, -0.25) is 14.4 Å². The third-order valence-electron chi connectivity index (χ3n) is 7.99. The number of carbonyl (C=O) groups is 3. The Morgan fingerprint density at radius 3 is 2.24 bits per heavy atom. The average Bonchev–Trinajstić information content (AvgIpc) is 3.42. The standard InChI is InChI=1S/C32H37F5N2O7/c1-30(2,3)46-29(42)31(4)10-8-18(9-11-31)45-26-13-19(25(43-5)14-23(26)34)27(40)39-24-16-44-15-20(24)28(41)38-17-6-7-22(33)21(12-17)32(35,36)37/h6-7,12-14,18,20,24H,8-11,15-16H2,1-5H3,(H,38,41)(H,39,40)/t18?,20-,24-,31?/m0/s1. The van der Waals surface area contributed by atoms with Crippen molar-refractivity contribution in [2.75, 3.05) is 25.6 Å². The molecule has 1 aliphatic carbocycles. The minimum atomic E-state index is -4.97. The second-order valence-corrected chi connectivity index (χ2v) is 12.8. The molecule has 2 amide bonds. The van der Waals surface area contributed by atoms with E-state index >= 15 is 4.39 Å². The fourth-order valence-corrected chi connectivity index (χ4v) is 5.36. The highest BCUT2D eigenvalue weighted by Crippen LogP contribution is 2.40. The zero-order valence-corrected chi connectivity index (χ0v) is 26.1. The zero-order valence-electron chi connectivity index (χ0n) is 26.1. The zero-order chi connectivity index (χ0) is 34.0. The molecule has 252 valence electrons. The third kappa shape index (κ3) is 8.25. The molecular weight excluding hydrogens is 619 g/mol. The molecule has 0 spiro atoms. The number of esters is 1. The maximum atomic E-state index is 15.0. The normalized spacial score (nSPS) is 23.4. The van der Waals surface area contributed by atoms with Crippen LogP contribution in [0.3, 0.4) is 0 Å². The van der Waals surface area contributed by atoms with Gasteiger partial charge in [0.05, 0.1) is 54.9 Å². The van der Waals surface area contributed by atoms with Gasteiger partial charge >= 0.3 is 12.1 Å². The monoisotopic (exact) mass is 656 g/mol. The Balaban J connectivity index is 1.43. The lowest BCUT2D eigenvalue weighted by molar-refractivity contribution is -0.169. The number of benzene rings is 2. The molecule has 2 N–H and O–H groups in total. The van der Waals surface area contributed by atoms with Crippen LogP contribution in [-0.2, 0) is 25.2 Å². The van der Waals surface area contributed by atoms with Gasteiger partial charge in [0.15, 0.2) is 11.6 Å². The molecule has 2 atom stereocenters. The summed E-state index contributed by atoms with van der Waals surface area (Å²) in [5.74, 6) is -5.37. The minimum Gasteiger partial charge on any atom is -0.496 e. The summed E-state index contributed by atoms with van der Waals surface area (Å²) in [5, 5.41) is 4.96. The number of amides is 2. The highest BCUT2D eigenvalue weighted by Gasteiger charge is 2.42. The molecule has 0 bridgehead atoms. The summed E-state index contributed by atoms with van der Waals surface area (Å²) in [6.07, 6.45) is -3.60. The number of alkyl halides is 3. The number of nitrogens with one attached hydrogen (secondary N) is 2. The summed E-state index contributed by atoms with van der Waals surface area (Å²) in [6.45, 7) is 6.97. The third-order valence-corrected chi connectivity index (χ3v) is 7.99. The highest BCUT2D eigenvalue weighted by atomic mass is 19.4. The van der Waals surface area contributed by atoms with Gasteiger partial charge in [-0.1, -0.05) is 0 Å². The van der Waals surface area contributed by atoms with Crippen molar-refractivity contribution in [2.45, 2.75) is 77.3 Å². The Morgan fingerprint density at radius 2 is 1.63 bits per heavy atom. The summed E-state index contributed by atoms with van der Waals surface area (Å²) in [4.78, 5) is 39.0. The molecule has 2 aromatic carbocycles. The van der Waals surface area contributed by atoms with Crippen molar-refractivity contribution in [3.63, 3.8) is 0 Å². The Hall–Kier alpha value is -3.94. The quantitative estimate of drug-likeness (QED) is 0.263. The molecule has 9 nitrogen and oxygen atoms in total. The number of methoxy groups -OCH3 is 1. The first kappa shape index (κ1) is 34.9. The average molecular weight is 657 g/mol. The van der Waals surface area contributed by atoms with Gasteiger partial charge in [0.1, 0.15) is 17.2 Å². The second kappa shape index (κ2) is 13.4. The summed E-state index contributed by atoms with van der Waals surface area (Å²) in [6, 6.07) is 3.34. The number of anilines is 1. The molecule has 2 fully saturated rings. The van der Waals surface area contributed by atoms with Gasteiger partial charge in [-0.2, -0.15) is 13.2 Å². The van der Waals surface area contributed by atoms with Crippen molar-refractivity contribution in [1.29, 1.82) is 0 Å². The fraction of sp³-hybridized carbons (Fsp3) is 0.531. The van der Waals surface area contributed by atoms with Crippen LogP contribution in [0.15, 0.2) is 30.3 Å². The van der Waals surface area contributed by atoms with Crippen LogP contribution in [0.4, 0.5) is 27.6 Å². The van der Waals surface area contributed by atoms with Gasteiger partial charge in [0.2, 0.25) is 5.91 Å². The fourth-order valence-electron chi connectivity index (χ4n) is 5.36. The number of rotatable bonds is 8.